The third-order valence-electron chi connectivity index (χ3n) is 4.00. The standard InChI is InChI=1S/C14H21NO/c1-14(2,9-15)11-7-10-5-4-6-13(16-3)12(10)8-11/h4-6,11H,7-9,15H2,1-3H3. The molecule has 2 N–H and O–H groups in total. The van der Waals surface area contributed by atoms with E-state index in [-0.39, 0.29) is 5.41 Å². The maximum atomic E-state index is 5.86. The van der Waals surface area contributed by atoms with Gasteiger partial charge < -0.3 is 10.5 Å². The van der Waals surface area contributed by atoms with Gasteiger partial charge in [0.25, 0.3) is 0 Å². The molecule has 1 aliphatic rings. The summed E-state index contributed by atoms with van der Waals surface area (Å²) in [4.78, 5) is 0. The first-order chi connectivity index (χ1) is 7.58. The molecule has 0 heterocycles. The molecule has 0 aliphatic heterocycles. The summed E-state index contributed by atoms with van der Waals surface area (Å²) < 4.78 is 5.42. The van der Waals surface area contributed by atoms with Gasteiger partial charge in [-0.1, -0.05) is 26.0 Å². The molecule has 0 saturated heterocycles. The smallest absolute Gasteiger partial charge is 0.122 e. The lowest BCUT2D eigenvalue weighted by molar-refractivity contribution is 0.230. The minimum atomic E-state index is 0.212. The first kappa shape index (κ1) is 11.5. The van der Waals surface area contributed by atoms with Crippen molar-refractivity contribution in [1.82, 2.24) is 0 Å². The van der Waals surface area contributed by atoms with Gasteiger partial charge in [-0.2, -0.15) is 0 Å². The summed E-state index contributed by atoms with van der Waals surface area (Å²) in [5.74, 6) is 1.68. The zero-order chi connectivity index (χ0) is 11.8. The molecule has 0 aromatic heterocycles. The molecular formula is C14H21NO. The second-order valence-corrected chi connectivity index (χ2v) is 5.40. The Morgan fingerprint density at radius 3 is 2.75 bits per heavy atom. The predicted molar refractivity (Wildman–Crippen MR) is 66.7 cm³/mol. The molecule has 0 fully saturated rings. The first-order valence-electron chi connectivity index (χ1n) is 5.93. The highest BCUT2D eigenvalue weighted by molar-refractivity contribution is 5.44. The molecule has 0 bridgehead atoms. The number of hydrogen-bond acceptors (Lipinski definition) is 2. The van der Waals surface area contributed by atoms with E-state index >= 15 is 0 Å². The summed E-state index contributed by atoms with van der Waals surface area (Å²) in [6.45, 7) is 5.26. The molecule has 0 radical (unpaired) electrons. The number of hydrogen-bond donors (Lipinski definition) is 1. The van der Waals surface area contributed by atoms with Gasteiger partial charge in [-0.3, -0.25) is 0 Å². The van der Waals surface area contributed by atoms with Crippen LogP contribution in [0.4, 0.5) is 0 Å². The second-order valence-electron chi connectivity index (χ2n) is 5.40. The largest absolute Gasteiger partial charge is 0.496 e. The van der Waals surface area contributed by atoms with E-state index in [9.17, 15) is 0 Å². The van der Waals surface area contributed by atoms with E-state index in [2.05, 4.69) is 32.0 Å². The van der Waals surface area contributed by atoms with Crippen LogP contribution in [-0.4, -0.2) is 13.7 Å². The number of benzene rings is 1. The van der Waals surface area contributed by atoms with Crippen LogP contribution < -0.4 is 10.5 Å². The second kappa shape index (κ2) is 4.10. The Bertz CT molecular complexity index is 384. The van der Waals surface area contributed by atoms with Gasteiger partial charge in [-0.05, 0) is 47.9 Å². The predicted octanol–water partition coefficient (Wildman–Crippen LogP) is 2.39. The Labute approximate surface area is 97.8 Å². The minimum Gasteiger partial charge on any atom is -0.496 e. The number of fused-ring (bicyclic) bond motifs is 1. The topological polar surface area (TPSA) is 35.2 Å². The molecule has 1 aliphatic carbocycles. The third-order valence-corrected chi connectivity index (χ3v) is 4.00. The van der Waals surface area contributed by atoms with Crippen molar-refractivity contribution in [2.24, 2.45) is 17.1 Å². The number of ether oxygens (including phenoxy) is 1. The Morgan fingerprint density at radius 2 is 2.12 bits per heavy atom. The number of methoxy groups -OCH3 is 1. The Kier molecular flexibility index (Phi) is 2.94. The van der Waals surface area contributed by atoms with Crippen LogP contribution >= 0.6 is 0 Å². The molecule has 1 aromatic carbocycles. The van der Waals surface area contributed by atoms with Gasteiger partial charge >= 0.3 is 0 Å². The van der Waals surface area contributed by atoms with E-state index in [0.29, 0.717) is 5.92 Å². The van der Waals surface area contributed by atoms with Crippen LogP contribution in [0, 0.1) is 11.3 Å². The van der Waals surface area contributed by atoms with Crippen molar-refractivity contribution in [3.05, 3.63) is 29.3 Å². The SMILES string of the molecule is COc1cccc2c1CC(C(C)(C)CN)C2. The van der Waals surface area contributed by atoms with Gasteiger partial charge in [0.1, 0.15) is 5.75 Å². The minimum absolute atomic E-state index is 0.212. The maximum Gasteiger partial charge on any atom is 0.122 e. The van der Waals surface area contributed by atoms with Crippen LogP contribution in [0.2, 0.25) is 0 Å². The molecule has 2 nitrogen and oxygen atoms in total. The summed E-state index contributed by atoms with van der Waals surface area (Å²) >= 11 is 0. The van der Waals surface area contributed by atoms with Crippen LogP contribution in [0.3, 0.4) is 0 Å². The lowest BCUT2D eigenvalue weighted by Crippen LogP contribution is -2.32. The lowest BCUT2D eigenvalue weighted by Gasteiger charge is -2.29. The van der Waals surface area contributed by atoms with Gasteiger partial charge in [0, 0.05) is 0 Å². The van der Waals surface area contributed by atoms with Crippen molar-refractivity contribution >= 4 is 0 Å². The van der Waals surface area contributed by atoms with E-state index in [4.69, 9.17) is 10.5 Å². The molecule has 16 heavy (non-hydrogen) atoms. The fourth-order valence-corrected chi connectivity index (χ4v) is 2.53. The Morgan fingerprint density at radius 1 is 1.38 bits per heavy atom. The van der Waals surface area contributed by atoms with Gasteiger partial charge in [-0.15, -0.1) is 0 Å². The average Bonchev–Trinajstić information content (AvgIpc) is 2.73. The van der Waals surface area contributed by atoms with E-state index in [0.717, 1.165) is 25.1 Å². The van der Waals surface area contributed by atoms with E-state index in [1.54, 1.807) is 7.11 Å². The lowest BCUT2D eigenvalue weighted by atomic mass is 9.77. The summed E-state index contributed by atoms with van der Waals surface area (Å²) in [5, 5.41) is 0. The van der Waals surface area contributed by atoms with Crippen LogP contribution in [0.5, 0.6) is 5.75 Å². The maximum absolute atomic E-state index is 5.86. The number of nitrogens with two attached hydrogens (primary N) is 1. The monoisotopic (exact) mass is 219 g/mol. The summed E-state index contributed by atoms with van der Waals surface area (Å²) in [5.41, 5.74) is 8.89. The highest BCUT2D eigenvalue weighted by Gasteiger charge is 2.34. The van der Waals surface area contributed by atoms with E-state index < -0.39 is 0 Å². The first-order valence-corrected chi connectivity index (χ1v) is 5.93. The fraction of sp³-hybridized carbons (Fsp3) is 0.571. The van der Waals surface area contributed by atoms with Crippen molar-refractivity contribution < 1.29 is 4.74 Å². The third kappa shape index (κ3) is 1.82. The molecule has 2 rings (SSSR count). The van der Waals surface area contributed by atoms with Crippen molar-refractivity contribution in [2.75, 3.05) is 13.7 Å². The van der Waals surface area contributed by atoms with E-state index in [1.165, 1.54) is 11.1 Å². The van der Waals surface area contributed by atoms with Gasteiger partial charge in [0.05, 0.1) is 7.11 Å². The summed E-state index contributed by atoms with van der Waals surface area (Å²) in [6, 6.07) is 6.34. The average molecular weight is 219 g/mol. The molecule has 0 spiro atoms. The number of rotatable bonds is 3. The van der Waals surface area contributed by atoms with Crippen LogP contribution in [0.15, 0.2) is 18.2 Å². The van der Waals surface area contributed by atoms with Crippen molar-refractivity contribution in [3.8, 4) is 5.75 Å². The quantitative estimate of drug-likeness (QED) is 0.847. The molecule has 1 aromatic rings. The molecule has 1 atom stereocenters. The van der Waals surface area contributed by atoms with Crippen molar-refractivity contribution in [3.63, 3.8) is 0 Å². The normalized spacial score (nSPS) is 19.6. The molecule has 0 amide bonds. The summed E-state index contributed by atoms with van der Waals surface area (Å²) in [7, 11) is 1.75. The summed E-state index contributed by atoms with van der Waals surface area (Å²) in [6.07, 6.45) is 2.24. The molecule has 0 saturated carbocycles. The van der Waals surface area contributed by atoms with Crippen LogP contribution in [-0.2, 0) is 12.8 Å². The molecular weight excluding hydrogens is 198 g/mol. The fourth-order valence-electron chi connectivity index (χ4n) is 2.53. The van der Waals surface area contributed by atoms with Crippen LogP contribution in [0.1, 0.15) is 25.0 Å². The highest BCUT2D eigenvalue weighted by Crippen LogP contribution is 2.41. The Hall–Kier alpha value is -1.02. The Balaban J connectivity index is 2.27. The van der Waals surface area contributed by atoms with E-state index in [1.807, 2.05) is 0 Å². The van der Waals surface area contributed by atoms with Gasteiger partial charge in [0.15, 0.2) is 0 Å². The molecule has 1 unspecified atom stereocenters. The molecule has 88 valence electrons. The van der Waals surface area contributed by atoms with Crippen molar-refractivity contribution in [1.29, 1.82) is 0 Å². The zero-order valence-electron chi connectivity index (χ0n) is 10.4. The van der Waals surface area contributed by atoms with Gasteiger partial charge in [-0.25, -0.2) is 0 Å². The highest BCUT2D eigenvalue weighted by atomic mass is 16.5. The molecule has 2 heteroatoms. The van der Waals surface area contributed by atoms with Crippen LogP contribution in [0.25, 0.3) is 0 Å². The van der Waals surface area contributed by atoms with Crippen molar-refractivity contribution in [2.45, 2.75) is 26.7 Å². The van der Waals surface area contributed by atoms with Gasteiger partial charge in [0.2, 0.25) is 0 Å². The zero-order valence-corrected chi connectivity index (χ0v) is 10.4.